The van der Waals surface area contributed by atoms with Crippen LogP contribution in [0.2, 0.25) is 0 Å². The molecular formula is C19H22N2O3. The molecule has 5 nitrogen and oxygen atoms in total. The first-order valence-electron chi connectivity index (χ1n) is 7.69. The number of benzene rings is 2. The van der Waals surface area contributed by atoms with Crippen molar-refractivity contribution in [3.63, 3.8) is 0 Å². The van der Waals surface area contributed by atoms with Crippen molar-refractivity contribution in [1.82, 2.24) is 0 Å². The first kappa shape index (κ1) is 17.5. The van der Waals surface area contributed by atoms with Gasteiger partial charge in [-0.2, -0.15) is 0 Å². The van der Waals surface area contributed by atoms with E-state index in [0.717, 1.165) is 5.69 Å². The molecule has 0 aliphatic rings. The molecule has 0 saturated heterocycles. The molecule has 2 aromatic carbocycles. The van der Waals surface area contributed by atoms with Gasteiger partial charge in [0.05, 0.1) is 0 Å². The molecule has 0 radical (unpaired) electrons. The van der Waals surface area contributed by atoms with Gasteiger partial charge in [0.1, 0.15) is 5.75 Å². The minimum atomic E-state index is -0.546. The zero-order chi connectivity index (χ0) is 17.7. The smallest absolute Gasteiger partial charge is 0.255 e. The number of primary amides is 1. The zero-order valence-electron chi connectivity index (χ0n) is 14.1. The zero-order valence-corrected chi connectivity index (χ0v) is 14.1. The highest BCUT2D eigenvalue weighted by molar-refractivity contribution is 6.04. The van der Waals surface area contributed by atoms with Crippen LogP contribution in [-0.4, -0.2) is 18.4 Å². The molecule has 2 amide bonds. The standard InChI is InChI=1S/C19H22N2O3/c1-19(2,3)14-6-8-15(9-7-14)21-18(23)13-4-10-16(11-5-13)24-12-17(20)22/h4-11H,12H2,1-3H3,(H2,20,22)(H,21,23). The van der Waals surface area contributed by atoms with E-state index in [1.807, 2.05) is 24.3 Å². The average Bonchev–Trinajstić information content (AvgIpc) is 2.53. The van der Waals surface area contributed by atoms with Gasteiger partial charge in [0.25, 0.3) is 11.8 Å². The number of nitrogens with one attached hydrogen (secondary N) is 1. The largest absolute Gasteiger partial charge is 0.484 e. The summed E-state index contributed by atoms with van der Waals surface area (Å²) in [6.45, 7) is 6.24. The number of carbonyl (C=O) groups is 2. The van der Waals surface area contributed by atoms with Gasteiger partial charge in [-0.3, -0.25) is 9.59 Å². The van der Waals surface area contributed by atoms with Crippen LogP contribution in [0.4, 0.5) is 5.69 Å². The van der Waals surface area contributed by atoms with Gasteiger partial charge in [-0.15, -0.1) is 0 Å². The van der Waals surface area contributed by atoms with Gasteiger partial charge < -0.3 is 15.8 Å². The van der Waals surface area contributed by atoms with Crippen molar-refractivity contribution in [1.29, 1.82) is 0 Å². The van der Waals surface area contributed by atoms with E-state index in [2.05, 4.69) is 26.1 Å². The Bertz CT molecular complexity index is 714. The van der Waals surface area contributed by atoms with Crippen LogP contribution in [0, 0.1) is 0 Å². The molecule has 2 aromatic rings. The monoisotopic (exact) mass is 326 g/mol. The summed E-state index contributed by atoms with van der Waals surface area (Å²) in [5, 5.41) is 2.85. The molecule has 2 rings (SSSR count). The molecule has 0 bridgehead atoms. The molecule has 126 valence electrons. The van der Waals surface area contributed by atoms with Crippen LogP contribution in [0.25, 0.3) is 0 Å². The molecule has 0 aliphatic carbocycles. The third-order valence-corrected chi connectivity index (χ3v) is 3.51. The number of hydrogen-bond acceptors (Lipinski definition) is 3. The predicted octanol–water partition coefficient (Wildman–Crippen LogP) is 3.10. The maximum Gasteiger partial charge on any atom is 0.255 e. The van der Waals surface area contributed by atoms with Gasteiger partial charge in [-0.1, -0.05) is 32.9 Å². The second-order valence-electron chi connectivity index (χ2n) is 6.56. The number of rotatable bonds is 5. The lowest BCUT2D eigenvalue weighted by Crippen LogP contribution is -2.20. The van der Waals surface area contributed by atoms with E-state index in [1.165, 1.54) is 5.56 Å². The summed E-state index contributed by atoms with van der Waals surface area (Å²) in [4.78, 5) is 22.9. The van der Waals surface area contributed by atoms with Crippen molar-refractivity contribution in [2.24, 2.45) is 5.73 Å². The maximum absolute atomic E-state index is 12.2. The molecule has 0 unspecified atom stereocenters. The van der Waals surface area contributed by atoms with Crippen molar-refractivity contribution < 1.29 is 14.3 Å². The molecule has 0 aliphatic heterocycles. The lowest BCUT2D eigenvalue weighted by atomic mass is 9.87. The van der Waals surface area contributed by atoms with Gasteiger partial charge in [-0.05, 0) is 47.4 Å². The summed E-state index contributed by atoms with van der Waals surface area (Å²) in [5.74, 6) is -0.268. The number of ether oxygens (including phenoxy) is 1. The molecular weight excluding hydrogens is 304 g/mol. The van der Waals surface area contributed by atoms with Crippen LogP contribution >= 0.6 is 0 Å². The fourth-order valence-electron chi connectivity index (χ4n) is 2.11. The van der Waals surface area contributed by atoms with E-state index < -0.39 is 5.91 Å². The van der Waals surface area contributed by atoms with E-state index in [-0.39, 0.29) is 17.9 Å². The Hall–Kier alpha value is -2.82. The molecule has 5 heteroatoms. The number of amides is 2. The van der Waals surface area contributed by atoms with E-state index in [0.29, 0.717) is 11.3 Å². The third-order valence-electron chi connectivity index (χ3n) is 3.51. The quantitative estimate of drug-likeness (QED) is 0.886. The minimum absolute atomic E-state index is 0.0727. The van der Waals surface area contributed by atoms with Crippen molar-refractivity contribution in [3.05, 3.63) is 59.7 Å². The second-order valence-corrected chi connectivity index (χ2v) is 6.56. The summed E-state index contributed by atoms with van der Waals surface area (Å²) in [6, 6.07) is 14.3. The Balaban J connectivity index is 2.00. The summed E-state index contributed by atoms with van der Waals surface area (Å²) in [7, 11) is 0. The highest BCUT2D eigenvalue weighted by Crippen LogP contribution is 2.23. The van der Waals surface area contributed by atoms with Gasteiger partial charge >= 0.3 is 0 Å². The molecule has 0 aromatic heterocycles. The normalized spacial score (nSPS) is 11.0. The van der Waals surface area contributed by atoms with Crippen molar-refractivity contribution in [3.8, 4) is 5.75 Å². The fraction of sp³-hybridized carbons (Fsp3) is 0.263. The van der Waals surface area contributed by atoms with Gasteiger partial charge in [-0.25, -0.2) is 0 Å². The van der Waals surface area contributed by atoms with E-state index in [1.54, 1.807) is 24.3 Å². The van der Waals surface area contributed by atoms with Crippen LogP contribution in [-0.2, 0) is 10.2 Å². The van der Waals surface area contributed by atoms with Crippen LogP contribution in [0.1, 0.15) is 36.7 Å². The topological polar surface area (TPSA) is 81.4 Å². The number of carbonyl (C=O) groups excluding carboxylic acids is 2. The Morgan fingerprint density at radius 3 is 2.08 bits per heavy atom. The van der Waals surface area contributed by atoms with Crippen molar-refractivity contribution in [2.75, 3.05) is 11.9 Å². The van der Waals surface area contributed by atoms with Crippen molar-refractivity contribution in [2.45, 2.75) is 26.2 Å². The fourth-order valence-corrected chi connectivity index (χ4v) is 2.11. The minimum Gasteiger partial charge on any atom is -0.484 e. The Labute approximate surface area is 141 Å². The van der Waals surface area contributed by atoms with Crippen LogP contribution < -0.4 is 15.8 Å². The Morgan fingerprint density at radius 2 is 1.58 bits per heavy atom. The summed E-state index contributed by atoms with van der Waals surface area (Å²) < 4.78 is 5.16. The Morgan fingerprint density at radius 1 is 1.00 bits per heavy atom. The first-order valence-corrected chi connectivity index (χ1v) is 7.69. The average molecular weight is 326 g/mol. The molecule has 0 atom stereocenters. The highest BCUT2D eigenvalue weighted by atomic mass is 16.5. The summed E-state index contributed by atoms with van der Waals surface area (Å²) in [5.41, 5.74) is 7.53. The van der Waals surface area contributed by atoms with Gasteiger partial charge in [0.15, 0.2) is 6.61 Å². The van der Waals surface area contributed by atoms with Gasteiger partial charge in [0.2, 0.25) is 0 Å². The first-order chi connectivity index (χ1) is 11.3. The number of anilines is 1. The number of nitrogens with two attached hydrogens (primary N) is 1. The van der Waals surface area contributed by atoms with E-state index in [4.69, 9.17) is 10.5 Å². The number of hydrogen-bond donors (Lipinski definition) is 2. The van der Waals surface area contributed by atoms with Crippen LogP contribution in [0.5, 0.6) is 5.75 Å². The van der Waals surface area contributed by atoms with E-state index in [9.17, 15) is 9.59 Å². The second kappa shape index (κ2) is 7.17. The summed E-state index contributed by atoms with van der Waals surface area (Å²) in [6.07, 6.45) is 0. The SMILES string of the molecule is CC(C)(C)c1ccc(NC(=O)c2ccc(OCC(N)=O)cc2)cc1. The molecule has 0 heterocycles. The van der Waals surface area contributed by atoms with Crippen LogP contribution in [0.3, 0.4) is 0 Å². The lowest BCUT2D eigenvalue weighted by molar-refractivity contribution is -0.119. The van der Waals surface area contributed by atoms with Crippen LogP contribution in [0.15, 0.2) is 48.5 Å². The maximum atomic E-state index is 12.2. The molecule has 24 heavy (non-hydrogen) atoms. The van der Waals surface area contributed by atoms with Gasteiger partial charge in [0, 0.05) is 11.3 Å². The van der Waals surface area contributed by atoms with E-state index >= 15 is 0 Å². The van der Waals surface area contributed by atoms with Crippen molar-refractivity contribution >= 4 is 17.5 Å². The predicted molar refractivity (Wildman–Crippen MR) is 94.2 cm³/mol. The Kier molecular flexibility index (Phi) is 5.24. The third kappa shape index (κ3) is 4.84. The molecule has 0 spiro atoms. The molecule has 0 fully saturated rings. The molecule has 3 N–H and O–H groups in total. The summed E-state index contributed by atoms with van der Waals surface area (Å²) >= 11 is 0. The highest BCUT2D eigenvalue weighted by Gasteiger charge is 2.13. The molecule has 0 saturated carbocycles. The lowest BCUT2D eigenvalue weighted by Gasteiger charge is -2.19.